The highest BCUT2D eigenvalue weighted by atomic mass is 16.6. The van der Waals surface area contributed by atoms with E-state index in [1.165, 1.54) is 122 Å². The molecule has 0 N–H and O–H groups in total. The van der Waals surface area contributed by atoms with Crippen molar-refractivity contribution in [1.82, 2.24) is 0 Å². The molecule has 0 spiro atoms. The molecule has 81 heavy (non-hydrogen) atoms. The molecule has 458 valence electrons. The van der Waals surface area contributed by atoms with Gasteiger partial charge in [-0.3, -0.25) is 14.4 Å². The number of ether oxygens (including phenoxy) is 3. The molecule has 1 unspecified atom stereocenters. The van der Waals surface area contributed by atoms with Gasteiger partial charge in [-0.25, -0.2) is 0 Å². The molecule has 0 aliphatic heterocycles. The van der Waals surface area contributed by atoms with Gasteiger partial charge >= 0.3 is 17.9 Å². The van der Waals surface area contributed by atoms with Crippen molar-refractivity contribution in [3.63, 3.8) is 0 Å². The Labute approximate surface area is 499 Å². The van der Waals surface area contributed by atoms with Crippen LogP contribution in [0.25, 0.3) is 0 Å². The van der Waals surface area contributed by atoms with Crippen LogP contribution in [0.2, 0.25) is 0 Å². The Hall–Kier alpha value is -4.71. The molecule has 0 heterocycles. The highest BCUT2D eigenvalue weighted by Crippen LogP contribution is 2.15. The van der Waals surface area contributed by atoms with Crippen molar-refractivity contribution >= 4 is 17.9 Å². The zero-order valence-corrected chi connectivity index (χ0v) is 52.5. The van der Waals surface area contributed by atoms with Crippen LogP contribution in [0.5, 0.6) is 0 Å². The van der Waals surface area contributed by atoms with Crippen LogP contribution in [0.1, 0.15) is 290 Å². The SMILES string of the molecule is CC/C=C\C/C=C\C/C=C\C/C=C\C/C=C\C/C=C\C/C=C\CCCC(=O)OCC(COC(=O)CCCCCCCCCCC/C=C\CCCCCCCC)OC(=O)CCCCCCCCCC/C=C\C/C=C\C/C=C\C/C=C\CC. The Balaban J connectivity index is 4.52. The molecule has 0 radical (unpaired) electrons. The summed E-state index contributed by atoms with van der Waals surface area (Å²) in [6.45, 7) is 6.37. The Morgan fingerprint density at radius 1 is 0.259 bits per heavy atom. The van der Waals surface area contributed by atoms with Gasteiger partial charge in [0, 0.05) is 19.3 Å². The lowest BCUT2D eigenvalue weighted by atomic mass is 10.1. The zero-order valence-electron chi connectivity index (χ0n) is 52.5. The molecule has 0 fully saturated rings. The van der Waals surface area contributed by atoms with Gasteiger partial charge in [-0.15, -0.1) is 0 Å². The summed E-state index contributed by atoms with van der Waals surface area (Å²) in [6, 6.07) is 0. The van der Waals surface area contributed by atoms with Gasteiger partial charge in [-0.05, 0) is 135 Å². The van der Waals surface area contributed by atoms with Gasteiger partial charge in [-0.2, -0.15) is 0 Å². The summed E-state index contributed by atoms with van der Waals surface area (Å²) in [4.78, 5) is 38.4. The first-order chi connectivity index (χ1) is 40.0. The molecule has 0 aromatic carbocycles. The fraction of sp³-hybridized carbons (Fsp3) is 0.640. The van der Waals surface area contributed by atoms with E-state index in [0.29, 0.717) is 19.3 Å². The highest BCUT2D eigenvalue weighted by Gasteiger charge is 2.19. The van der Waals surface area contributed by atoms with Crippen LogP contribution in [0.4, 0.5) is 0 Å². The summed E-state index contributed by atoms with van der Waals surface area (Å²) < 4.78 is 16.9. The van der Waals surface area contributed by atoms with E-state index in [2.05, 4.69) is 167 Å². The Morgan fingerprint density at radius 3 is 0.815 bits per heavy atom. The van der Waals surface area contributed by atoms with E-state index in [-0.39, 0.29) is 37.5 Å². The summed E-state index contributed by atoms with van der Waals surface area (Å²) in [5, 5.41) is 0. The second-order valence-electron chi connectivity index (χ2n) is 21.6. The number of allylic oxidation sites excluding steroid dienone is 24. The molecular weight excluding hydrogens is 997 g/mol. The number of esters is 3. The largest absolute Gasteiger partial charge is 0.462 e. The Kier molecular flexibility index (Phi) is 63.9. The van der Waals surface area contributed by atoms with Crippen LogP contribution in [0.3, 0.4) is 0 Å². The van der Waals surface area contributed by atoms with Gasteiger partial charge < -0.3 is 14.2 Å². The average molecular weight is 1120 g/mol. The molecule has 0 rings (SSSR count). The van der Waals surface area contributed by atoms with Crippen molar-refractivity contribution in [3.8, 4) is 0 Å². The monoisotopic (exact) mass is 1120 g/mol. The number of hydrogen-bond donors (Lipinski definition) is 0. The van der Waals surface area contributed by atoms with E-state index >= 15 is 0 Å². The number of carbonyl (C=O) groups excluding carboxylic acids is 3. The number of hydrogen-bond acceptors (Lipinski definition) is 6. The van der Waals surface area contributed by atoms with E-state index in [1.54, 1.807) is 0 Å². The predicted molar refractivity (Wildman–Crippen MR) is 352 cm³/mol. The van der Waals surface area contributed by atoms with Crippen molar-refractivity contribution in [2.24, 2.45) is 0 Å². The van der Waals surface area contributed by atoms with E-state index in [4.69, 9.17) is 14.2 Å². The third-order valence-electron chi connectivity index (χ3n) is 13.8. The minimum atomic E-state index is -0.815. The Morgan fingerprint density at radius 2 is 0.494 bits per heavy atom. The molecule has 0 bridgehead atoms. The molecule has 0 aromatic rings. The fourth-order valence-electron chi connectivity index (χ4n) is 8.89. The van der Waals surface area contributed by atoms with Crippen molar-refractivity contribution in [3.05, 3.63) is 146 Å². The first kappa shape index (κ1) is 76.3. The molecule has 0 aliphatic rings. The third-order valence-corrected chi connectivity index (χ3v) is 13.8. The standard InChI is InChI=1S/C75H122O6/c1-4-7-10-13-16-19-22-25-28-31-34-36-37-39-41-44-47-50-53-56-59-62-65-68-74(77)80-71-72(70-79-73(76)67-64-61-58-55-52-49-46-43-40-33-30-27-24-21-18-15-12-9-6-3)81-75(78)69-66-63-60-57-54-51-48-45-42-38-35-32-29-26-23-20-17-14-11-8-5-2/h7-8,10-11,16-17,19-20,25-30,34-36,38-39,41,47,50,56,59,72H,4-6,9,12-15,18,21-24,31-33,37,40,42-46,48-49,51-55,57-58,60-71H2,1-3H3/b10-7-,11-8-,19-16-,20-17-,28-25-,29-26-,30-27-,36-34-,38-35-,41-39-,50-47-,59-56-. The molecule has 6 nitrogen and oxygen atoms in total. The van der Waals surface area contributed by atoms with Gasteiger partial charge in [0.15, 0.2) is 6.10 Å². The first-order valence-electron chi connectivity index (χ1n) is 33.3. The molecular formula is C75H122O6. The minimum Gasteiger partial charge on any atom is -0.462 e. The molecule has 0 aromatic heterocycles. The van der Waals surface area contributed by atoms with Gasteiger partial charge in [0.1, 0.15) is 13.2 Å². The van der Waals surface area contributed by atoms with Crippen LogP contribution in [0, 0.1) is 0 Å². The summed E-state index contributed by atoms with van der Waals surface area (Å²) in [5.41, 5.74) is 0. The van der Waals surface area contributed by atoms with Crippen molar-refractivity contribution in [2.45, 2.75) is 297 Å². The van der Waals surface area contributed by atoms with E-state index in [1.807, 2.05) is 0 Å². The summed E-state index contributed by atoms with van der Waals surface area (Å²) in [6.07, 6.45) is 97.1. The second-order valence-corrected chi connectivity index (χ2v) is 21.6. The highest BCUT2D eigenvalue weighted by molar-refractivity contribution is 5.71. The third kappa shape index (κ3) is 66.0. The lowest BCUT2D eigenvalue weighted by Gasteiger charge is -2.18. The number of carbonyl (C=O) groups is 3. The van der Waals surface area contributed by atoms with Crippen molar-refractivity contribution < 1.29 is 28.6 Å². The quantitative estimate of drug-likeness (QED) is 0.0261. The summed E-state index contributed by atoms with van der Waals surface area (Å²) >= 11 is 0. The number of rotatable bonds is 59. The maximum Gasteiger partial charge on any atom is 0.306 e. The zero-order chi connectivity index (χ0) is 58.5. The van der Waals surface area contributed by atoms with E-state index in [0.717, 1.165) is 122 Å². The average Bonchev–Trinajstić information content (AvgIpc) is 3.47. The predicted octanol–water partition coefficient (Wildman–Crippen LogP) is 23.1. The molecule has 1 atom stereocenters. The maximum atomic E-state index is 12.9. The summed E-state index contributed by atoms with van der Waals surface area (Å²) in [7, 11) is 0. The van der Waals surface area contributed by atoms with Crippen molar-refractivity contribution in [2.75, 3.05) is 13.2 Å². The molecule has 6 heteroatoms. The molecule has 0 saturated heterocycles. The second kappa shape index (κ2) is 67.8. The Bertz CT molecular complexity index is 1760. The summed E-state index contributed by atoms with van der Waals surface area (Å²) in [5.74, 6) is -0.974. The number of unbranched alkanes of at least 4 members (excludes halogenated alkanes) is 24. The smallest absolute Gasteiger partial charge is 0.306 e. The van der Waals surface area contributed by atoms with Crippen LogP contribution in [-0.4, -0.2) is 37.2 Å². The van der Waals surface area contributed by atoms with Crippen LogP contribution >= 0.6 is 0 Å². The molecule has 0 amide bonds. The van der Waals surface area contributed by atoms with Crippen LogP contribution in [0.15, 0.2) is 146 Å². The normalized spacial score (nSPS) is 13.1. The molecule has 0 aliphatic carbocycles. The topological polar surface area (TPSA) is 78.9 Å². The lowest BCUT2D eigenvalue weighted by molar-refractivity contribution is -0.167. The van der Waals surface area contributed by atoms with E-state index in [9.17, 15) is 14.4 Å². The molecule has 0 saturated carbocycles. The van der Waals surface area contributed by atoms with Gasteiger partial charge in [0.2, 0.25) is 0 Å². The minimum absolute atomic E-state index is 0.105. The van der Waals surface area contributed by atoms with Crippen molar-refractivity contribution in [1.29, 1.82) is 0 Å². The lowest BCUT2D eigenvalue weighted by Crippen LogP contribution is -2.30. The van der Waals surface area contributed by atoms with Gasteiger partial charge in [-0.1, -0.05) is 282 Å². The van der Waals surface area contributed by atoms with Gasteiger partial charge in [0.05, 0.1) is 0 Å². The fourth-order valence-corrected chi connectivity index (χ4v) is 8.89. The van der Waals surface area contributed by atoms with Crippen LogP contribution in [-0.2, 0) is 28.6 Å². The maximum absolute atomic E-state index is 12.9. The van der Waals surface area contributed by atoms with Gasteiger partial charge in [0.25, 0.3) is 0 Å². The van der Waals surface area contributed by atoms with E-state index < -0.39 is 6.10 Å². The van der Waals surface area contributed by atoms with Crippen LogP contribution < -0.4 is 0 Å². The first-order valence-corrected chi connectivity index (χ1v) is 33.3.